The smallest absolute Gasteiger partial charge is 0.259 e. The lowest BCUT2D eigenvalue weighted by atomic mass is 9.80. The summed E-state index contributed by atoms with van der Waals surface area (Å²) in [5, 5.41) is 4.09. The molecule has 0 fully saturated rings. The molecule has 2 heterocycles. The minimum absolute atomic E-state index is 0. The highest BCUT2D eigenvalue weighted by atomic mass is 35.5. The number of benzene rings is 3. The van der Waals surface area contributed by atoms with Crippen LogP contribution in [0.3, 0.4) is 0 Å². The van der Waals surface area contributed by atoms with Gasteiger partial charge >= 0.3 is 0 Å². The molecule has 1 aliphatic carbocycles. The number of nitrogens with one attached hydrogen (secondary N) is 1. The van der Waals surface area contributed by atoms with Gasteiger partial charge in [-0.05, 0) is 60.5 Å². The van der Waals surface area contributed by atoms with Gasteiger partial charge in [0.15, 0.2) is 5.78 Å². The topological polar surface area (TPSA) is 62.6 Å². The molecule has 37 heavy (non-hydrogen) atoms. The van der Waals surface area contributed by atoms with Crippen LogP contribution in [0.1, 0.15) is 46.5 Å². The minimum Gasteiger partial charge on any atom is -1.00 e. The number of allylic oxidation sites excluding steroid dienone is 1. The van der Waals surface area contributed by atoms with E-state index in [4.69, 9.17) is 16.0 Å². The summed E-state index contributed by atoms with van der Waals surface area (Å²) in [6, 6.07) is 27.5. The fourth-order valence-corrected chi connectivity index (χ4v) is 5.35. The molecule has 5 nitrogen and oxygen atoms in total. The van der Waals surface area contributed by atoms with Gasteiger partial charge in [0, 0.05) is 34.2 Å². The van der Waals surface area contributed by atoms with Gasteiger partial charge in [0.05, 0.1) is 23.7 Å². The van der Waals surface area contributed by atoms with E-state index in [2.05, 4.69) is 5.32 Å². The molecular weight excluding hydrogens is 507 g/mol. The van der Waals surface area contributed by atoms with Gasteiger partial charge in [-0.15, -0.1) is 0 Å². The maximum absolute atomic E-state index is 14.1. The zero-order valence-electron chi connectivity index (χ0n) is 19.7. The Bertz CT molecular complexity index is 1460. The molecule has 1 aliphatic heterocycles. The van der Waals surface area contributed by atoms with Gasteiger partial charge in [-0.2, -0.15) is 0 Å². The Kier molecular flexibility index (Phi) is 6.92. The number of amides is 1. The second kappa shape index (κ2) is 10.3. The number of para-hydroxylation sites is 2. The van der Waals surface area contributed by atoms with Gasteiger partial charge in [-0.3, -0.25) is 14.5 Å². The third-order valence-electron chi connectivity index (χ3n) is 6.86. The van der Waals surface area contributed by atoms with Crippen molar-refractivity contribution in [1.82, 2.24) is 0 Å². The summed E-state index contributed by atoms with van der Waals surface area (Å²) in [5.41, 5.74) is 4.29. The number of Topliss-reactive ketones (excluding diaryl/α,β-unsaturated/α-hetero) is 1. The van der Waals surface area contributed by atoms with Crippen LogP contribution < -0.4 is 22.6 Å². The van der Waals surface area contributed by atoms with Crippen molar-refractivity contribution in [3.63, 3.8) is 0 Å². The van der Waals surface area contributed by atoms with Gasteiger partial charge in [-0.25, -0.2) is 0 Å². The molecular formula is C30H23Cl2N2O3-. The fourth-order valence-electron chi connectivity index (χ4n) is 5.22. The summed E-state index contributed by atoms with van der Waals surface area (Å²) >= 11 is 6.11. The normalized spacial score (nSPS) is 18.7. The Morgan fingerprint density at radius 3 is 2.35 bits per heavy atom. The molecule has 2 unspecified atom stereocenters. The lowest BCUT2D eigenvalue weighted by Crippen LogP contribution is -3.00. The number of ketones is 1. The average molecular weight is 530 g/mol. The van der Waals surface area contributed by atoms with E-state index in [1.807, 2.05) is 66.7 Å². The van der Waals surface area contributed by atoms with Crippen LogP contribution in [0.25, 0.3) is 0 Å². The maximum atomic E-state index is 14.1. The van der Waals surface area contributed by atoms with E-state index in [1.54, 1.807) is 35.4 Å². The highest BCUT2D eigenvalue weighted by molar-refractivity contribution is 6.30. The van der Waals surface area contributed by atoms with E-state index in [1.165, 1.54) is 0 Å². The summed E-state index contributed by atoms with van der Waals surface area (Å²) in [6.07, 6.45) is 2.56. The first kappa shape index (κ1) is 24.9. The SMILES string of the molecule is O=C1CC(c2ccco2)CC2=C1C(c1ccccc1)N(C(=O)c1ccc(Cl)cc1)c1ccccc1N2.[Cl-]. The molecule has 4 aromatic rings. The van der Waals surface area contributed by atoms with E-state index in [0.717, 1.165) is 22.7 Å². The molecule has 1 aromatic heterocycles. The Morgan fingerprint density at radius 1 is 0.892 bits per heavy atom. The third-order valence-corrected chi connectivity index (χ3v) is 7.11. The van der Waals surface area contributed by atoms with Crippen molar-refractivity contribution in [3.05, 3.63) is 130 Å². The lowest BCUT2D eigenvalue weighted by molar-refractivity contribution is -0.116. The summed E-state index contributed by atoms with van der Waals surface area (Å²) in [6.45, 7) is 0. The van der Waals surface area contributed by atoms with Crippen LogP contribution in [0, 0.1) is 0 Å². The number of halogens is 2. The maximum Gasteiger partial charge on any atom is 0.259 e. The van der Waals surface area contributed by atoms with Crippen LogP contribution in [0.15, 0.2) is 113 Å². The van der Waals surface area contributed by atoms with Crippen LogP contribution in [-0.2, 0) is 4.79 Å². The molecule has 1 amide bonds. The van der Waals surface area contributed by atoms with Crippen molar-refractivity contribution in [2.75, 3.05) is 10.2 Å². The molecule has 2 atom stereocenters. The fraction of sp³-hybridized carbons (Fsp3) is 0.133. The first-order chi connectivity index (χ1) is 17.6. The van der Waals surface area contributed by atoms with Crippen LogP contribution in [-0.4, -0.2) is 11.7 Å². The highest BCUT2D eigenvalue weighted by Gasteiger charge is 2.42. The van der Waals surface area contributed by atoms with Crippen molar-refractivity contribution in [3.8, 4) is 0 Å². The van der Waals surface area contributed by atoms with E-state index in [0.29, 0.717) is 34.7 Å². The first-order valence-corrected chi connectivity index (χ1v) is 12.3. The Balaban J connectivity index is 0.00000280. The molecule has 186 valence electrons. The van der Waals surface area contributed by atoms with Crippen molar-refractivity contribution in [1.29, 1.82) is 0 Å². The summed E-state index contributed by atoms with van der Waals surface area (Å²) in [5.74, 6) is 0.519. The minimum atomic E-state index is -0.592. The van der Waals surface area contributed by atoms with Crippen molar-refractivity contribution in [2.45, 2.75) is 24.8 Å². The van der Waals surface area contributed by atoms with Gasteiger partial charge in [-0.1, -0.05) is 54.1 Å². The summed E-state index contributed by atoms with van der Waals surface area (Å²) in [7, 11) is 0. The molecule has 2 aliphatic rings. The van der Waals surface area contributed by atoms with E-state index >= 15 is 0 Å². The molecule has 0 saturated carbocycles. The quantitative estimate of drug-likeness (QED) is 0.433. The monoisotopic (exact) mass is 529 g/mol. The van der Waals surface area contributed by atoms with Crippen LogP contribution in [0.2, 0.25) is 5.02 Å². The predicted octanol–water partition coefficient (Wildman–Crippen LogP) is 4.15. The number of anilines is 2. The lowest BCUT2D eigenvalue weighted by Gasteiger charge is -2.35. The van der Waals surface area contributed by atoms with Crippen molar-refractivity contribution < 1.29 is 26.4 Å². The third kappa shape index (κ3) is 4.57. The second-order valence-electron chi connectivity index (χ2n) is 9.07. The number of fused-ring (bicyclic) bond motifs is 1. The molecule has 0 bridgehead atoms. The van der Waals surface area contributed by atoms with Crippen molar-refractivity contribution >= 4 is 34.7 Å². The molecule has 7 heteroatoms. The molecule has 6 rings (SSSR count). The Morgan fingerprint density at radius 2 is 1.62 bits per heavy atom. The summed E-state index contributed by atoms with van der Waals surface area (Å²) in [4.78, 5) is 29.8. The number of carbonyl (C=O) groups is 2. The number of nitrogens with zero attached hydrogens (tertiary/aromatic N) is 1. The van der Waals surface area contributed by atoms with E-state index in [9.17, 15) is 9.59 Å². The second-order valence-corrected chi connectivity index (χ2v) is 9.51. The van der Waals surface area contributed by atoms with Crippen LogP contribution in [0.4, 0.5) is 11.4 Å². The number of hydrogen-bond acceptors (Lipinski definition) is 4. The zero-order valence-corrected chi connectivity index (χ0v) is 21.2. The Hall–Kier alpha value is -3.80. The summed E-state index contributed by atoms with van der Waals surface area (Å²) < 4.78 is 5.66. The van der Waals surface area contributed by atoms with Crippen LogP contribution in [0.5, 0.6) is 0 Å². The Labute approximate surface area is 226 Å². The first-order valence-electron chi connectivity index (χ1n) is 11.9. The number of hydrogen-bond donors (Lipinski definition) is 1. The number of rotatable bonds is 3. The van der Waals surface area contributed by atoms with Gasteiger partial charge < -0.3 is 22.1 Å². The molecule has 1 N–H and O–H groups in total. The van der Waals surface area contributed by atoms with Gasteiger partial charge in [0.25, 0.3) is 5.91 Å². The average Bonchev–Trinajstić information content (AvgIpc) is 3.39. The predicted molar refractivity (Wildman–Crippen MR) is 140 cm³/mol. The van der Waals surface area contributed by atoms with Crippen LogP contribution >= 0.6 is 11.6 Å². The largest absolute Gasteiger partial charge is 1.00 e. The number of carbonyl (C=O) groups excluding carboxylic acids is 2. The van der Waals surface area contributed by atoms with E-state index < -0.39 is 6.04 Å². The molecule has 3 aromatic carbocycles. The number of furan rings is 1. The van der Waals surface area contributed by atoms with Crippen molar-refractivity contribution in [2.24, 2.45) is 0 Å². The highest BCUT2D eigenvalue weighted by Crippen LogP contribution is 2.47. The zero-order chi connectivity index (χ0) is 24.6. The van der Waals surface area contributed by atoms with Gasteiger partial charge in [0.2, 0.25) is 0 Å². The molecule has 0 spiro atoms. The van der Waals surface area contributed by atoms with E-state index in [-0.39, 0.29) is 30.0 Å². The standard InChI is InChI=1S/C30H23ClN2O3.ClH/c31-22-14-12-20(13-15-22)30(35)33-25-10-5-4-9-23(25)32-24-17-21(27-11-6-16-36-27)18-26(34)28(24)29(33)19-7-2-1-3-8-19;/h1-16,21,29,32H,17-18H2;1H/p-1. The molecule has 0 saturated heterocycles. The molecule has 0 radical (unpaired) electrons. The van der Waals surface area contributed by atoms with Gasteiger partial charge in [0.1, 0.15) is 5.76 Å².